The summed E-state index contributed by atoms with van der Waals surface area (Å²) < 4.78 is 10.8. The van der Waals surface area contributed by atoms with Crippen molar-refractivity contribution < 1.29 is 4.42 Å². The summed E-state index contributed by atoms with van der Waals surface area (Å²) >= 11 is 0. The average Bonchev–Trinajstić information content (AvgIpc) is 3.82. The van der Waals surface area contributed by atoms with Gasteiger partial charge in [-0.05, 0) is 77.7 Å². The van der Waals surface area contributed by atoms with Crippen LogP contribution in [0.15, 0.2) is 162 Å². The molecule has 246 valence electrons. The third kappa shape index (κ3) is 4.89. The molecule has 0 radical (unpaired) electrons. The van der Waals surface area contributed by atoms with Crippen molar-refractivity contribution in [2.45, 2.75) is 25.6 Å². The molecule has 9 aromatic rings. The van der Waals surface area contributed by atoms with Crippen LogP contribution in [-0.4, -0.2) is 9.13 Å². The van der Waals surface area contributed by atoms with Gasteiger partial charge in [-0.25, -0.2) is 0 Å². The van der Waals surface area contributed by atoms with E-state index in [0.717, 1.165) is 23.2 Å². The molecule has 1 unspecified atom stereocenters. The lowest BCUT2D eigenvalue weighted by atomic mass is 9.92. The second-order valence-corrected chi connectivity index (χ2v) is 13.5. The monoisotopic (exact) mass is 660 g/mol. The molecule has 0 saturated carbocycles. The normalized spacial score (nSPS) is 14.7. The number of anilines is 1. The Morgan fingerprint density at radius 3 is 1.98 bits per heavy atom. The first-order valence-electron chi connectivity index (χ1n) is 17.7. The summed E-state index contributed by atoms with van der Waals surface area (Å²) in [5.74, 6) is 1.17. The van der Waals surface area contributed by atoms with E-state index >= 15 is 0 Å². The fraction of sp³-hybridized carbons (Fsp3) is 0.0870. The molecular formula is C46H36N4O. The van der Waals surface area contributed by atoms with Gasteiger partial charge in [-0.2, -0.15) is 0 Å². The Labute approximate surface area is 295 Å². The van der Waals surface area contributed by atoms with Crippen molar-refractivity contribution in [3.63, 3.8) is 0 Å². The van der Waals surface area contributed by atoms with E-state index in [1.165, 1.54) is 66.0 Å². The molecule has 0 spiro atoms. The van der Waals surface area contributed by atoms with Crippen LogP contribution < -0.4 is 11.1 Å². The van der Waals surface area contributed by atoms with E-state index in [0.29, 0.717) is 24.8 Å². The molecule has 1 atom stereocenters. The highest BCUT2D eigenvalue weighted by Gasteiger charge is 2.18. The van der Waals surface area contributed by atoms with Crippen molar-refractivity contribution in [1.82, 2.24) is 14.5 Å². The maximum atomic E-state index is 6.43. The molecule has 10 rings (SSSR count). The number of hydrogen-bond acceptors (Lipinski definition) is 3. The molecule has 3 N–H and O–H groups in total. The highest BCUT2D eigenvalue weighted by Crippen LogP contribution is 2.39. The van der Waals surface area contributed by atoms with E-state index in [1.807, 2.05) is 24.3 Å². The van der Waals surface area contributed by atoms with E-state index in [1.54, 1.807) is 0 Å². The lowest BCUT2D eigenvalue weighted by Crippen LogP contribution is -2.18. The van der Waals surface area contributed by atoms with E-state index in [-0.39, 0.29) is 0 Å². The molecule has 0 fully saturated rings. The molecule has 0 bridgehead atoms. The van der Waals surface area contributed by atoms with Crippen LogP contribution in [0.25, 0.3) is 71.4 Å². The maximum absolute atomic E-state index is 6.43. The highest BCUT2D eigenvalue weighted by atomic mass is 16.3. The number of hydrogen-bond donors (Lipinski definition) is 2. The van der Waals surface area contributed by atoms with Crippen molar-refractivity contribution in [2.24, 2.45) is 0 Å². The van der Waals surface area contributed by atoms with Gasteiger partial charge in [-0.3, -0.25) is 5.32 Å². The van der Waals surface area contributed by atoms with Gasteiger partial charge in [0.25, 0.3) is 0 Å². The van der Waals surface area contributed by atoms with E-state index in [4.69, 9.17) is 10.2 Å². The number of allylic oxidation sites excluding steroid dienone is 4. The molecule has 1 aliphatic carbocycles. The largest absolute Gasteiger partial charge is 0.457 e. The van der Waals surface area contributed by atoms with Gasteiger partial charge in [0.05, 0.1) is 41.0 Å². The molecule has 5 heteroatoms. The Kier molecular flexibility index (Phi) is 6.93. The van der Waals surface area contributed by atoms with Crippen molar-refractivity contribution in [1.29, 1.82) is 0 Å². The molecule has 3 aromatic heterocycles. The topological polar surface area (TPSA) is 61.0 Å². The van der Waals surface area contributed by atoms with Crippen LogP contribution in [0, 0.1) is 0 Å². The first-order chi connectivity index (χ1) is 25.2. The van der Waals surface area contributed by atoms with Crippen LogP contribution in [-0.2, 0) is 13.2 Å². The number of furan rings is 1. The summed E-state index contributed by atoms with van der Waals surface area (Å²) in [5, 5.41) is 9.56. The Balaban J connectivity index is 0.997. The number of nitrogens with one attached hydrogen (secondary N) is 1. The van der Waals surface area contributed by atoms with Crippen LogP contribution >= 0.6 is 0 Å². The second-order valence-electron chi connectivity index (χ2n) is 13.5. The minimum atomic E-state index is 0.404. The van der Waals surface area contributed by atoms with Gasteiger partial charge in [0, 0.05) is 38.5 Å². The zero-order valence-corrected chi connectivity index (χ0v) is 28.1. The van der Waals surface area contributed by atoms with Gasteiger partial charge in [0.1, 0.15) is 11.3 Å². The molecule has 3 heterocycles. The van der Waals surface area contributed by atoms with Gasteiger partial charge in [-0.15, -0.1) is 0 Å². The highest BCUT2D eigenvalue weighted by molar-refractivity contribution is 6.13. The number of nitrogens with two attached hydrogens (primary N) is 1. The van der Waals surface area contributed by atoms with Gasteiger partial charge >= 0.3 is 0 Å². The zero-order chi connectivity index (χ0) is 33.9. The second kappa shape index (κ2) is 11.9. The third-order valence-corrected chi connectivity index (χ3v) is 10.6. The molecule has 1 aliphatic rings. The summed E-state index contributed by atoms with van der Waals surface area (Å²) in [6.07, 6.45) is 8.03. The summed E-state index contributed by atoms with van der Waals surface area (Å²) in [6, 6.07) is 49.9. The average molecular weight is 661 g/mol. The van der Waals surface area contributed by atoms with E-state index in [9.17, 15) is 0 Å². The Morgan fingerprint density at radius 2 is 1.24 bits per heavy atom. The Hall–Kier alpha value is -6.30. The van der Waals surface area contributed by atoms with Gasteiger partial charge in [-0.1, -0.05) is 103 Å². The number of fused-ring (bicyclic) bond motifs is 7. The molecular weight excluding hydrogens is 625 g/mol. The predicted molar refractivity (Wildman–Crippen MR) is 213 cm³/mol. The van der Waals surface area contributed by atoms with E-state index < -0.39 is 0 Å². The summed E-state index contributed by atoms with van der Waals surface area (Å²) in [4.78, 5) is 0. The van der Waals surface area contributed by atoms with Gasteiger partial charge in [0.2, 0.25) is 0 Å². The summed E-state index contributed by atoms with van der Waals surface area (Å²) in [5.41, 5.74) is 17.8. The van der Waals surface area contributed by atoms with Crippen LogP contribution in [0.3, 0.4) is 0 Å². The Morgan fingerprint density at radius 1 is 0.627 bits per heavy atom. The van der Waals surface area contributed by atoms with Crippen molar-refractivity contribution in [3.8, 4) is 11.1 Å². The third-order valence-electron chi connectivity index (χ3n) is 10.6. The fourth-order valence-corrected chi connectivity index (χ4v) is 8.09. The van der Waals surface area contributed by atoms with Crippen LogP contribution in [0.1, 0.15) is 23.7 Å². The minimum absolute atomic E-state index is 0.404. The first-order valence-corrected chi connectivity index (χ1v) is 17.7. The number of aromatic nitrogens is 2. The Bertz CT molecular complexity index is 2830. The lowest BCUT2D eigenvalue weighted by molar-refractivity contribution is 0.490. The number of rotatable bonds is 7. The standard InChI is InChI=1S/C46H36N4O/c47-46-37-14-6-9-17-44(37)51-45(46)28-48-29-49-40-15-7-4-12-35(40)38-26-32(20-24-41(38)49)33-21-25-43-39(27-33)36-13-5-8-16-42(36)50(43)34-22-18-31(19-23-34)30-10-2-1-3-11-30/h1-18,20-27,31,48H,19,28-29,47H2. The molecule has 0 aliphatic heterocycles. The van der Waals surface area contributed by atoms with Crippen LogP contribution in [0.4, 0.5) is 5.69 Å². The number of nitrogen functional groups attached to an aromatic ring is 1. The number of benzene rings is 6. The quantitative estimate of drug-likeness (QED) is 0.179. The molecule has 6 aromatic carbocycles. The maximum Gasteiger partial charge on any atom is 0.141 e. The summed E-state index contributed by atoms with van der Waals surface area (Å²) in [7, 11) is 0. The first kappa shape index (κ1) is 29.6. The van der Waals surface area contributed by atoms with E-state index in [2.05, 4.69) is 148 Å². The number of para-hydroxylation sites is 3. The van der Waals surface area contributed by atoms with Crippen molar-refractivity contribution in [3.05, 3.63) is 169 Å². The van der Waals surface area contributed by atoms with Crippen molar-refractivity contribution >= 4 is 66.0 Å². The van der Waals surface area contributed by atoms with Crippen LogP contribution in [0.2, 0.25) is 0 Å². The molecule has 5 nitrogen and oxygen atoms in total. The SMILES string of the molecule is Nc1c(CNCn2c3ccccc3c3cc(-c4ccc5c(c4)c4ccccc4n5C4=CCC(c5ccccc5)C=C4)ccc32)oc2ccccc12. The van der Waals surface area contributed by atoms with Crippen LogP contribution in [0.5, 0.6) is 0 Å². The molecule has 0 amide bonds. The smallest absolute Gasteiger partial charge is 0.141 e. The summed E-state index contributed by atoms with van der Waals surface area (Å²) in [6.45, 7) is 1.17. The predicted octanol–water partition coefficient (Wildman–Crippen LogP) is 11.2. The number of nitrogens with zero attached hydrogens (tertiary/aromatic N) is 2. The fourth-order valence-electron chi connectivity index (χ4n) is 8.09. The van der Waals surface area contributed by atoms with Crippen molar-refractivity contribution in [2.75, 3.05) is 5.73 Å². The molecule has 51 heavy (non-hydrogen) atoms. The lowest BCUT2D eigenvalue weighted by Gasteiger charge is -2.18. The minimum Gasteiger partial charge on any atom is -0.457 e. The van der Waals surface area contributed by atoms with Gasteiger partial charge < -0.3 is 19.3 Å². The van der Waals surface area contributed by atoms with Gasteiger partial charge in [0.15, 0.2) is 0 Å². The zero-order valence-electron chi connectivity index (χ0n) is 28.1. The molecule has 0 saturated heterocycles.